The molecule has 0 aromatic carbocycles. The topological polar surface area (TPSA) is 72.2 Å². The van der Waals surface area contributed by atoms with Crippen LogP contribution in [0.3, 0.4) is 0 Å². The van der Waals surface area contributed by atoms with Crippen LogP contribution in [0, 0.1) is 0 Å². The summed E-state index contributed by atoms with van der Waals surface area (Å²) in [6.07, 6.45) is 1.19. The van der Waals surface area contributed by atoms with E-state index in [2.05, 4.69) is 5.10 Å². The summed E-state index contributed by atoms with van der Waals surface area (Å²) in [5.74, 6) is -0.752. The Bertz CT molecular complexity index is 428. The summed E-state index contributed by atoms with van der Waals surface area (Å²) >= 11 is 0. The van der Waals surface area contributed by atoms with Crippen molar-refractivity contribution in [2.45, 2.75) is 37.7 Å². The van der Waals surface area contributed by atoms with Gasteiger partial charge in [0.1, 0.15) is 5.25 Å². The van der Waals surface area contributed by atoms with Gasteiger partial charge in [0.2, 0.25) is 0 Å². The van der Waals surface area contributed by atoms with Crippen molar-refractivity contribution in [2.75, 3.05) is 0 Å². The van der Waals surface area contributed by atoms with E-state index in [1.807, 2.05) is 13.0 Å². The molecule has 1 aromatic rings. The number of hydrogen-bond acceptors (Lipinski definition) is 3. The van der Waals surface area contributed by atoms with E-state index in [9.17, 15) is 9.00 Å². The Labute approximate surface area is 103 Å². The van der Waals surface area contributed by atoms with E-state index >= 15 is 0 Å². The second-order valence-corrected chi connectivity index (χ2v) is 5.48. The Morgan fingerprint density at radius 3 is 2.65 bits per heavy atom. The largest absolute Gasteiger partial charge is 0.480 e. The van der Waals surface area contributed by atoms with Gasteiger partial charge in [0.15, 0.2) is 0 Å². The predicted molar refractivity (Wildman–Crippen MR) is 66.1 cm³/mol. The zero-order valence-electron chi connectivity index (χ0n) is 10.3. The molecule has 0 aliphatic rings. The van der Waals surface area contributed by atoms with Gasteiger partial charge in [-0.15, -0.1) is 0 Å². The number of aryl methyl sites for hydroxylation is 2. The fourth-order valence-electron chi connectivity index (χ4n) is 1.60. The smallest absolute Gasteiger partial charge is 0.319 e. The van der Waals surface area contributed by atoms with Gasteiger partial charge < -0.3 is 5.11 Å². The number of hydrogen-bond donors (Lipinski definition) is 1. The zero-order valence-corrected chi connectivity index (χ0v) is 11.2. The number of carboxylic acid groups (broad SMARTS) is 1. The second-order valence-electron chi connectivity index (χ2n) is 3.86. The number of aliphatic carboxylic acids is 1. The maximum absolute atomic E-state index is 11.9. The average Bonchev–Trinajstić information content (AvgIpc) is 2.60. The molecule has 0 saturated carbocycles. The highest BCUT2D eigenvalue weighted by molar-refractivity contribution is 7.85. The molecule has 2 atom stereocenters. The van der Waals surface area contributed by atoms with Crippen molar-refractivity contribution < 1.29 is 14.1 Å². The van der Waals surface area contributed by atoms with E-state index in [-0.39, 0.29) is 5.75 Å². The highest BCUT2D eigenvalue weighted by Crippen LogP contribution is 2.11. The molecular weight excluding hydrogens is 240 g/mol. The highest BCUT2D eigenvalue weighted by atomic mass is 32.2. The molecule has 17 heavy (non-hydrogen) atoms. The van der Waals surface area contributed by atoms with Crippen molar-refractivity contribution in [3.8, 4) is 0 Å². The summed E-state index contributed by atoms with van der Waals surface area (Å²) in [5.41, 5.74) is 1.75. The van der Waals surface area contributed by atoms with Crippen molar-refractivity contribution in [3.05, 3.63) is 17.5 Å². The third-order valence-electron chi connectivity index (χ3n) is 2.64. The van der Waals surface area contributed by atoms with Crippen LogP contribution in [0.2, 0.25) is 0 Å². The minimum Gasteiger partial charge on any atom is -0.480 e. The molecule has 0 spiro atoms. The summed E-state index contributed by atoms with van der Waals surface area (Å²) in [7, 11) is 0.387. The van der Waals surface area contributed by atoms with E-state index in [0.29, 0.717) is 6.42 Å². The second kappa shape index (κ2) is 5.95. The van der Waals surface area contributed by atoms with Gasteiger partial charge in [-0.3, -0.25) is 13.7 Å². The normalized spacial score (nSPS) is 14.5. The zero-order chi connectivity index (χ0) is 13.0. The summed E-state index contributed by atoms with van der Waals surface area (Å²) in [6, 6.07) is 1.88. The molecule has 0 bridgehead atoms. The molecule has 96 valence electrons. The lowest BCUT2D eigenvalue weighted by molar-refractivity contribution is -0.136. The molecule has 0 fully saturated rings. The summed E-state index contributed by atoms with van der Waals surface area (Å²) in [5, 5.41) is 12.4. The number of aromatic nitrogens is 2. The molecule has 5 nitrogen and oxygen atoms in total. The molecule has 0 amide bonds. The Kier molecular flexibility index (Phi) is 4.86. The van der Waals surface area contributed by atoms with Crippen molar-refractivity contribution in [2.24, 2.45) is 7.05 Å². The molecule has 0 radical (unpaired) electrons. The molecular formula is C11H18N2O3S. The molecule has 1 heterocycles. The maximum Gasteiger partial charge on any atom is 0.319 e. The van der Waals surface area contributed by atoms with Gasteiger partial charge in [-0.1, -0.05) is 13.8 Å². The predicted octanol–water partition coefficient (Wildman–Crippen LogP) is 1.09. The first-order chi connectivity index (χ1) is 7.99. The standard InChI is InChI=1S/C11H18N2O3S/c1-4-8-6-9(13(3)12-8)7-17(16)10(5-2)11(14)15/h6,10H,4-5,7H2,1-3H3,(H,14,15). The van der Waals surface area contributed by atoms with Gasteiger partial charge >= 0.3 is 5.97 Å². The van der Waals surface area contributed by atoms with E-state index in [1.165, 1.54) is 0 Å². The Morgan fingerprint density at radius 1 is 1.59 bits per heavy atom. The number of carbonyl (C=O) groups is 1. The number of nitrogens with zero attached hydrogens (tertiary/aromatic N) is 2. The molecule has 1 aromatic heterocycles. The Morgan fingerprint density at radius 2 is 2.24 bits per heavy atom. The van der Waals surface area contributed by atoms with Gasteiger partial charge in [0.25, 0.3) is 0 Å². The van der Waals surface area contributed by atoms with Crippen LogP contribution in [-0.2, 0) is 34.8 Å². The molecule has 0 saturated heterocycles. The molecule has 1 N–H and O–H groups in total. The van der Waals surface area contributed by atoms with Crippen LogP contribution in [0.25, 0.3) is 0 Å². The van der Waals surface area contributed by atoms with Gasteiger partial charge in [-0.2, -0.15) is 5.10 Å². The lowest BCUT2D eigenvalue weighted by Crippen LogP contribution is -2.26. The molecule has 6 heteroatoms. The lowest BCUT2D eigenvalue weighted by Gasteiger charge is -2.09. The van der Waals surface area contributed by atoms with Crippen LogP contribution >= 0.6 is 0 Å². The Hall–Kier alpha value is -1.17. The van der Waals surface area contributed by atoms with Crippen LogP contribution in [0.5, 0.6) is 0 Å². The van der Waals surface area contributed by atoms with E-state index in [1.54, 1.807) is 18.7 Å². The molecule has 0 aliphatic carbocycles. The first kappa shape index (κ1) is 13.9. The molecule has 1 rings (SSSR count). The van der Waals surface area contributed by atoms with Crippen LogP contribution in [0.4, 0.5) is 0 Å². The van der Waals surface area contributed by atoms with Crippen molar-refractivity contribution >= 4 is 16.8 Å². The van der Waals surface area contributed by atoms with Crippen LogP contribution < -0.4 is 0 Å². The fourth-order valence-corrected chi connectivity index (χ4v) is 2.96. The van der Waals surface area contributed by atoms with Gasteiger partial charge in [-0.05, 0) is 18.9 Å². The van der Waals surface area contributed by atoms with Gasteiger partial charge in [-0.25, -0.2) is 0 Å². The maximum atomic E-state index is 11.9. The minimum atomic E-state index is -1.40. The lowest BCUT2D eigenvalue weighted by atomic mass is 10.3. The SMILES string of the molecule is CCc1cc(CS(=O)C(CC)C(=O)O)n(C)n1. The third-order valence-corrected chi connectivity index (χ3v) is 4.39. The van der Waals surface area contributed by atoms with Gasteiger partial charge in [0, 0.05) is 17.8 Å². The van der Waals surface area contributed by atoms with Crippen molar-refractivity contribution in [1.29, 1.82) is 0 Å². The highest BCUT2D eigenvalue weighted by Gasteiger charge is 2.23. The van der Waals surface area contributed by atoms with Crippen LogP contribution in [-0.4, -0.2) is 30.3 Å². The van der Waals surface area contributed by atoms with Crippen LogP contribution in [0.1, 0.15) is 31.7 Å². The van der Waals surface area contributed by atoms with Crippen LogP contribution in [0.15, 0.2) is 6.07 Å². The fraction of sp³-hybridized carbons (Fsp3) is 0.636. The van der Waals surface area contributed by atoms with Crippen molar-refractivity contribution in [1.82, 2.24) is 9.78 Å². The first-order valence-electron chi connectivity index (χ1n) is 5.61. The first-order valence-corrected chi connectivity index (χ1v) is 6.99. The van der Waals surface area contributed by atoms with E-state index in [0.717, 1.165) is 17.8 Å². The summed E-state index contributed by atoms with van der Waals surface area (Å²) < 4.78 is 13.6. The quantitative estimate of drug-likeness (QED) is 0.829. The van der Waals surface area contributed by atoms with Crippen molar-refractivity contribution in [3.63, 3.8) is 0 Å². The van der Waals surface area contributed by atoms with E-state index < -0.39 is 22.0 Å². The average molecular weight is 258 g/mol. The van der Waals surface area contributed by atoms with Gasteiger partial charge in [0.05, 0.1) is 17.1 Å². The molecule has 0 aliphatic heterocycles. The number of rotatable bonds is 6. The third kappa shape index (κ3) is 3.39. The monoisotopic (exact) mass is 258 g/mol. The number of carboxylic acids is 1. The minimum absolute atomic E-state index is 0.244. The Balaban J connectivity index is 2.79. The summed E-state index contributed by atoms with van der Waals surface area (Å²) in [6.45, 7) is 3.73. The molecule has 2 unspecified atom stereocenters. The summed E-state index contributed by atoms with van der Waals surface area (Å²) in [4.78, 5) is 10.9. The van der Waals surface area contributed by atoms with E-state index in [4.69, 9.17) is 5.11 Å².